The van der Waals surface area contributed by atoms with Crippen LogP contribution in [0.4, 0.5) is 5.69 Å². The van der Waals surface area contributed by atoms with Crippen LogP contribution in [0.15, 0.2) is 72.3 Å². The minimum absolute atomic E-state index is 0.0813. The van der Waals surface area contributed by atoms with Gasteiger partial charge in [0, 0.05) is 11.3 Å². The van der Waals surface area contributed by atoms with E-state index >= 15 is 0 Å². The van der Waals surface area contributed by atoms with Gasteiger partial charge in [0.15, 0.2) is 0 Å². The second-order valence-electron chi connectivity index (χ2n) is 8.70. The normalized spacial score (nSPS) is 17.3. The molecule has 1 fully saturated rings. The van der Waals surface area contributed by atoms with Gasteiger partial charge < -0.3 is 9.84 Å². The Morgan fingerprint density at radius 3 is 2.32 bits per heavy atom. The van der Waals surface area contributed by atoms with Gasteiger partial charge in [0.25, 0.3) is 11.7 Å². The molecule has 3 aromatic carbocycles. The summed E-state index contributed by atoms with van der Waals surface area (Å²) in [7, 11) is 0. The van der Waals surface area contributed by atoms with Crippen molar-refractivity contribution in [3.8, 4) is 5.75 Å². The molecule has 0 bridgehead atoms. The van der Waals surface area contributed by atoms with E-state index in [0.717, 1.165) is 34.4 Å². The number of aliphatic hydroxyl groups excluding tert-OH is 1. The monoisotopic (exact) mass is 455 g/mol. The molecule has 34 heavy (non-hydrogen) atoms. The van der Waals surface area contributed by atoms with E-state index < -0.39 is 17.7 Å². The predicted molar refractivity (Wildman–Crippen MR) is 134 cm³/mol. The molecule has 1 N–H and O–H groups in total. The standard InChI is InChI=1S/C29H29NO4/c1-5-15-34-24-14-12-22(17-20(24)4)27(31)25-26(21-9-7-6-8-10-21)30(29(33)28(25)32)23-13-11-18(2)16-19(23)3/h6-14,16-17,26,31H,5,15H2,1-4H3/b27-25+. The molecule has 0 aliphatic carbocycles. The maximum atomic E-state index is 13.3. The van der Waals surface area contributed by atoms with Gasteiger partial charge in [-0.1, -0.05) is 55.0 Å². The Kier molecular flexibility index (Phi) is 6.55. The van der Waals surface area contributed by atoms with E-state index in [0.29, 0.717) is 17.9 Å². The van der Waals surface area contributed by atoms with Gasteiger partial charge in [0.05, 0.1) is 18.2 Å². The van der Waals surface area contributed by atoms with E-state index in [1.54, 1.807) is 18.2 Å². The van der Waals surface area contributed by atoms with Gasteiger partial charge >= 0.3 is 0 Å². The number of benzene rings is 3. The van der Waals surface area contributed by atoms with Gasteiger partial charge in [0.1, 0.15) is 11.5 Å². The molecular formula is C29H29NO4. The molecule has 4 rings (SSSR count). The van der Waals surface area contributed by atoms with Crippen molar-refractivity contribution >= 4 is 23.1 Å². The molecule has 1 aliphatic heterocycles. The number of nitrogens with zero attached hydrogens (tertiary/aromatic N) is 1. The van der Waals surface area contributed by atoms with Crippen LogP contribution in [-0.2, 0) is 9.59 Å². The SMILES string of the molecule is CCCOc1ccc(/C(O)=C2\C(=O)C(=O)N(c3ccc(C)cc3C)C2c2ccccc2)cc1C. The Morgan fingerprint density at radius 1 is 0.941 bits per heavy atom. The fourth-order valence-corrected chi connectivity index (χ4v) is 4.43. The molecule has 1 amide bonds. The summed E-state index contributed by atoms with van der Waals surface area (Å²) in [5.41, 5.74) is 4.75. The lowest BCUT2D eigenvalue weighted by atomic mass is 9.94. The number of Topliss-reactive ketones (excluding diaryl/α,β-unsaturated/α-hetero) is 1. The highest BCUT2D eigenvalue weighted by Gasteiger charge is 2.47. The summed E-state index contributed by atoms with van der Waals surface area (Å²) in [6.45, 7) is 8.43. The molecule has 174 valence electrons. The number of ketones is 1. The fourth-order valence-electron chi connectivity index (χ4n) is 4.43. The number of aliphatic hydroxyl groups is 1. The summed E-state index contributed by atoms with van der Waals surface area (Å²) in [6, 6.07) is 19.7. The maximum Gasteiger partial charge on any atom is 0.300 e. The Hall–Kier alpha value is -3.86. The van der Waals surface area contributed by atoms with Crippen LogP contribution in [0, 0.1) is 20.8 Å². The van der Waals surface area contributed by atoms with Crippen LogP contribution in [0.2, 0.25) is 0 Å². The van der Waals surface area contributed by atoms with Crippen molar-refractivity contribution in [2.24, 2.45) is 0 Å². The average molecular weight is 456 g/mol. The van der Waals surface area contributed by atoms with E-state index in [-0.39, 0.29) is 11.3 Å². The molecule has 1 heterocycles. The van der Waals surface area contributed by atoms with Crippen molar-refractivity contribution in [2.75, 3.05) is 11.5 Å². The van der Waals surface area contributed by atoms with E-state index in [1.165, 1.54) is 4.90 Å². The lowest BCUT2D eigenvalue weighted by molar-refractivity contribution is -0.132. The van der Waals surface area contributed by atoms with Gasteiger partial charge in [-0.25, -0.2) is 0 Å². The third-order valence-electron chi connectivity index (χ3n) is 6.08. The van der Waals surface area contributed by atoms with Crippen LogP contribution in [0.25, 0.3) is 5.76 Å². The van der Waals surface area contributed by atoms with E-state index in [2.05, 4.69) is 0 Å². The highest BCUT2D eigenvalue weighted by atomic mass is 16.5. The maximum absolute atomic E-state index is 13.3. The summed E-state index contributed by atoms with van der Waals surface area (Å²) >= 11 is 0. The van der Waals surface area contributed by atoms with Crippen molar-refractivity contribution < 1.29 is 19.4 Å². The van der Waals surface area contributed by atoms with Gasteiger partial charge in [-0.15, -0.1) is 0 Å². The zero-order valence-corrected chi connectivity index (χ0v) is 20.0. The molecule has 0 aromatic heterocycles. The first kappa shape index (κ1) is 23.3. The summed E-state index contributed by atoms with van der Waals surface area (Å²) in [6.07, 6.45) is 0.889. The van der Waals surface area contributed by atoms with Gasteiger partial charge in [-0.05, 0) is 68.1 Å². The molecule has 5 heteroatoms. The number of aryl methyl sites for hydroxylation is 3. The van der Waals surface area contributed by atoms with Crippen molar-refractivity contribution in [1.29, 1.82) is 0 Å². The second kappa shape index (κ2) is 9.56. The summed E-state index contributed by atoms with van der Waals surface area (Å²) < 4.78 is 5.75. The van der Waals surface area contributed by atoms with Crippen LogP contribution >= 0.6 is 0 Å². The lowest BCUT2D eigenvalue weighted by Crippen LogP contribution is -2.30. The largest absolute Gasteiger partial charge is 0.507 e. The van der Waals surface area contributed by atoms with Crippen molar-refractivity contribution in [3.63, 3.8) is 0 Å². The van der Waals surface area contributed by atoms with Crippen molar-refractivity contribution in [3.05, 3.63) is 100 Å². The molecule has 1 atom stereocenters. The number of rotatable bonds is 6. The third-order valence-corrected chi connectivity index (χ3v) is 6.08. The molecule has 1 aliphatic rings. The molecule has 3 aromatic rings. The predicted octanol–water partition coefficient (Wildman–Crippen LogP) is 6.03. The van der Waals surface area contributed by atoms with E-state index in [4.69, 9.17) is 4.74 Å². The number of carbonyl (C=O) groups is 2. The summed E-state index contributed by atoms with van der Waals surface area (Å²) in [5, 5.41) is 11.3. The van der Waals surface area contributed by atoms with Crippen molar-refractivity contribution in [2.45, 2.75) is 40.2 Å². The fraction of sp³-hybridized carbons (Fsp3) is 0.241. The smallest absolute Gasteiger partial charge is 0.300 e. The molecular weight excluding hydrogens is 426 g/mol. The van der Waals surface area contributed by atoms with Crippen LogP contribution in [0.3, 0.4) is 0 Å². The van der Waals surface area contributed by atoms with Crippen LogP contribution < -0.4 is 9.64 Å². The average Bonchev–Trinajstić information content (AvgIpc) is 3.09. The van der Waals surface area contributed by atoms with Gasteiger partial charge in [0.2, 0.25) is 0 Å². The molecule has 1 unspecified atom stereocenters. The Morgan fingerprint density at radius 2 is 1.68 bits per heavy atom. The Bertz CT molecular complexity index is 1280. The number of hydrogen-bond acceptors (Lipinski definition) is 4. The minimum atomic E-state index is -0.737. The molecule has 1 saturated heterocycles. The van der Waals surface area contributed by atoms with Crippen molar-refractivity contribution in [1.82, 2.24) is 0 Å². The topological polar surface area (TPSA) is 66.8 Å². The summed E-state index contributed by atoms with van der Waals surface area (Å²) in [5.74, 6) is -0.810. The zero-order chi connectivity index (χ0) is 24.4. The quantitative estimate of drug-likeness (QED) is 0.280. The Labute approximate surface area is 200 Å². The molecule has 0 saturated carbocycles. The van der Waals surface area contributed by atoms with Crippen LogP contribution in [0.1, 0.15) is 47.2 Å². The molecule has 0 radical (unpaired) electrons. The number of carbonyl (C=O) groups excluding carboxylic acids is 2. The highest BCUT2D eigenvalue weighted by Crippen LogP contribution is 2.43. The first-order valence-electron chi connectivity index (χ1n) is 11.5. The van der Waals surface area contributed by atoms with E-state index in [1.807, 2.05) is 76.2 Å². The van der Waals surface area contributed by atoms with Crippen LogP contribution in [-0.4, -0.2) is 23.4 Å². The summed E-state index contributed by atoms with van der Waals surface area (Å²) in [4.78, 5) is 28.2. The zero-order valence-electron chi connectivity index (χ0n) is 20.0. The van der Waals surface area contributed by atoms with Crippen LogP contribution in [0.5, 0.6) is 5.75 Å². The van der Waals surface area contributed by atoms with Gasteiger partial charge in [-0.3, -0.25) is 14.5 Å². The lowest BCUT2D eigenvalue weighted by Gasteiger charge is -2.27. The Balaban J connectivity index is 1.88. The third kappa shape index (κ3) is 4.21. The first-order valence-corrected chi connectivity index (χ1v) is 11.5. The number of anilines is 1. The number of hydrogen-bond donors (Lipinski definition) is 1. The molecule has 5 nitrogen and oxygen atoms in total. The number of ether oxygens (including phenoxy) is 1. The minimum Gasteiger partial charge on any atom is -0.507 e. The van der Waals surface area contributed by atoms with Gasteiger partial charge in [-0.2, -0.15) is 0 Å². The molecule has 0 spiro atoms. The first-order chi connectivity index (χ1) is 16.3. The number of amides is 1. The second-order valence-corrected chi connectivity index (χ2v) is 8.70. The highest BCUT2D eigenvalue weighted by molar-refractivity contribution is 6.51. The van der Waals surface area contributed by atoms with E-state index in [9.17, 15) is 14.7 Å².